The second-order valence-corrected chi connectivity index (χ2v) is 7.71. The van der Waals surface area contributed by atoms with Crippen LogP contribution in [0.1, 0.15) is 38.2 Å². The molecule has 0 saturated heterocycles. The summed E-state index contributed by atoms with van der Waals surface area (Å²) in [5.41, 5.74) is 0.926. The van der Waals surface area contributed by atoms with E-state index in [0.717, 1.165) is 40.9 Å². The van der Waals surface area contributed by atoms with E-state index in [1.807, 2.05) is 0 Å². The number of anilines is 1. The highest BCUT2D eigenvalue weighted by Crippen LogP contribution is 2.21. The van der Waals surface area contributed by atoms with Crippen molar-refractivity contribution >= 4 is 38.2 Å². The second-order valence-electron chi connectivity index (χ2n) is 4.50. The van der Waals surface area contributed by atoms with Crippen LogP contribution in [-0.4, -0.2) is 31.2 Å². The third kappa shape index (κ3) is 5.60. The molecule has 0 unspecified atom stereocenters. The molecule has 0 aliphatic heterocycles. The molecule has 1 N–H and O–H groups in total. The molecule has 0 radical (unpaired) electrons. The van der Waals surface area contributed by atoms with E-state index >= 15 is 0 Å². The van der Waals surface area contributed by atoms with Crippen molar-refractivity contribution in [2.75, 3.05) is 18.1 Å². The first-order valence-electron chi connectivity index (χ1n) is 6.34. The zero-order valence-electron chi connectivity index (χ0n) is 11.5. The molecule has 7 heteroatoms. The maximum atomic E-state index is 11.4. The number of nitrogens with zero attached hydrogens (tertiary/aromatic N) is 2. The van der Waals surface area contributed by atoms with Crippen LogP contribution >= 0.6 is 22.6 Å². The average molecular weight is 397 g/mol. The predicted octanol–water partition coefficient (Wildman–Crippen LogP) is 2.40. The Hall–Kier alpha value is -0.440. The maximum absolute atomic E-state index is 11.4. The highest BCUT2D eigenvalue weighted by molar-refractivity contribution is 14.1. The van der Waals surface area contributed by atoms with Crippen molar-refractivity contribution < 1.29 is 8.42 Å². The third-order valence-electron chi connectivity index (χ3n) is 2.39. The van der Waals surface area contributed by atoms with Crippen LogP contribution in [0.15, 0.2) is 0 Å². The highest BCUT2D eigenvalue weighted by Gasteiger charge is 2.14. The lowest BCUT2D eigenvalue weighted by molar-refractivity contribution is 0.599. The number of halogens is 1. The van der Waals surface area contributed by atoms with Crippen molar-refractivity contribution in [2.24, 2.45) is 0 Å². The standard InChI is InChI=1S/C12H20IN3O2S/c1-4-6-9-11(13)12(14-7-5-2)16-10(15-9)8-19(3,17)18/h4-8H2,1-3H3,(H,14,15,16). The first-order valence-corrected chi connectivity index (χ1v) is 9.48. The summed E-state index contributed by atoms with van der Waals surface area (Å²) in [6, 6.07) is 0. The molecular formula is C12H20IN3O2S. The largest absolute Gasteiger partial charge is 0.369 e. The predicted molar refractivity (Wildman–Crippen MR) is 86.1 cm³/mol. The molecule has 0 saturated carbocycles. The van der Waals surface area contributed by atoms with E-state index in [1.165, 1.54) is 6.26 Å². The average Bonchev–Trinajstić information content (AvgIpc) is 2.29. The van der Waals surface area contributed by atoms with Gasteiger partial charge in [-0.15, -0.1) is 0 Å². The fourth-order valence-electron chi connectivity index (χ4n) is 1.61. The van der Waals surface area contributed by atoms with E-state index in [0.29, 0.717) is 5.82 Å². The molecule has 1 aromatic heterocycles. The van der Waals surface area contributed by atoms with E-state index in [-0.39, 0.29) is 5.75 Å². The van der Waals surface area contributed by atoms with Gasteiger partial charge >= 0.3 is 0 Å². The lowest BCUT2D eigenvalue weighted by Crippen LogP contribution is -2.13. The SMILES string of the molecule is CCCNc1nc(CS(C)(=O)=O)nc(CCC)c1I. The van der Waals surface area contributed by atoms with Gasteiger partial charge in [-0.2, -0.15) is 0 Å². The van der Waals surface area contributed by atoms with Crippen molar-refractivity contribution in [3.8, 4) is 0 Å². The number of hydrogen-bond donors (Lipinski definition) is 1. The summed E-state index contributed by atoms with van der Waals surface area (Å²) in [6.07, 6.45) is 3.99. The minimum atomic E-state index is -3.11. The van der Waals surface area contributed by atoms with Crippen molar-refractivity contribution in [3.63, 3.8) is 0 Å². The smallest absolute Gasteiger partial charge is 0.154 e. The Morgan fingerprint density at radius 2 is 1.89 bits per heavy atom. The van der Waals surface area contributed by atoms with Crippen LogP contribution in [-0.2, 0) is 22.0 Å². The van der Waals surface area contributed by atoms with Gasteiger partial charge in [0.2, 0.25) is 0 Å². The van der Waals surface area contributed by atoms with E-state index in [1.54, 1.807) is 0 Å². The van der Waals surface area contributed by atoms with Gasteiger partial charge in [0.25, 0.3) is 0 Å². The van der Waals surface area contributed by atoms with E-state index in [4.69, 9.17) is 0 Å². The summed E-state index contributed by atoms with van der Waals surface area (Å²) < 4.78 is 23.7. The van der Waals surface area contributed by atoms with Gasteiger partial charge in [0, 0.05) is 12.8 Å². The molecule has 1 aromatic rings. The minimum Gasteiger partial charge on any atom is -0.369 e. The Morgan fingerprint density at radius 1 is 1.21 bits per heavy atom. The number of sulfone groups is 1. The summed E-state index contributed by atoms with van der Waals surface area (Å²) in [4.78, 5) is 8.71. The van der Waals surface area contributed by atoms with E-state index in [9.17, 15) is 8.42 Å². The van der Waals surface area contributed by atoms with Crippen molar-refractivity contribution in [1.82, 2.24) is 9.97 Å². The monoisotopic (exact) mass is 397 g/mol. The molecule has 1 heterocycles. The quantitative estimate of drug-likeness (QED) is 0.716. The first-order chi connectivity index (χ1) is 8.87. The number of hydrogen-bond acceptors (Lipinski definition) is 5. The van der Waals surface area contributed by atoms with Crippen LogP contribution in [0, 0.1) is 3.57 Å². The number of aromatic nitrogens is 2. The lowest BCUT2D eigenvalue weighted by atomic mass is 10.2. The summed E-state index contributed by atoms with van der Waals surface area (Å²) >= 11 is 2.22. The van der Waals surface area contributed by atoms with Crippen LogP contribution in [0.5, 0.6) is 0 Å². The van der Waals surface area contributed by atoms with Gasteiger partial charge in [-0.05, 0) is 35.4 Å². The molecule has 19 heavy (non-hydrogen) atoms. The zero-order valence-corrected chi connectivity index (χ0v) is 14.5. The van der Waals surface area contributed by atoms with E-state index < -0.39 is 9.84 Å². The van der Waals surface area contributed by atoms with Gasteiger partial charge in [0.15, 0.2) is 9.84 Å². The van der Waals surface area contributed by atoms with Crippen LogP contribution in [0.4, 0.5) is 5.82 Å². The van der Waals surface area contributed by atoms with Crippen LogP contribution in [0.3, 0.4) is 0 Å². The summed E-state index contributed by atoms with van der Waals surface area (Å²) in [7, 11) is -3.11. The Morgan fingerprint density at radius 3 is 2.42 bits per heavy atom. The third-order valence-corrected chi connectivity index (χ3v) is 4.30. The Balaban J connectivity index is 3.14. The number of nitrogens with one attached hydrogen (secondary N) is 1. The molecule has 0 amide bonds. The molecule has 0 spiro atoms. The molecule has 0 aliphatic rings. The molecule has 0 aromatic carbocycles. The normalized spacial score (nSPS) is 11.6. The van der Waals surface area contributed by atoms with Crippen LogP contribution in [0.2, 0.25) is 0 Å². The van der Waals surface area contributed by atoms with Crippen molar-refractivity contribution in [3.05, 3.63) is 15.1 Å². The Kier molecular flexibility index (Phi) is 6.45. The molecule has 0 atom stereocenters. The summed E-state index contributed by atoms with van der Waals surface area (Å²) in [5.74, 6) is 1.02. The number of aryl methyl sites for hydroxylation is 1. The second kappa shape index (κ2) is 7.37. The van der Waals surface area contributed by atoms with Gasteiger partial charge in [-0.25, -0.2) is 18.4 Å². The number of rotatable bonds is 7. The van der Waals surface area contributed by atoms with Gasteiger partial charge in [0.1, 0.15) is 17.4 Å². The van der Waals surface area contributed by atoms with Gasteiger partial charge < -0.3 is 5.32 Å². The van der Waals surface area contributed by atoms with E-state index in [2.05, 4.69) is 51.7 Å². The fraction of sp³-hybridized carbons (Fsp3) is 0.667. The van der Waals surface area contributed by atoms with Gasteiger partial charge in [-0.3, -0.25) is 0 Å². The van der Waals surface area contributed by atoms with Gasteiger partial charge in [0.05, 0.1) is 9.26 Å². The molecule has 0 aliphatic carbocycles. The first kappa shape index (κ1) is 16.6. The molecule has 0 bridgehead atoms. The maximum Gasteiger partial charge on any atom is 0.154 e. The lowest BCUT2D eigenvalue weighted by Gasteiger charge is -2.12. The highest BCUT2D eigenvalue weighted by atomic mass is 127. The molecule has 1 rings (SSSR count). The van der Waals surface area contributed by atoms with Crippen LogP contribution in [0.25, 0.3) is 0 Å². The minimum absolute atomic E-state index is 0.110. The summed E-state index contributed by atoms with van der Waals surface area (Å²) in [5, 5.41) is 3.23. The van der Waals surface area contributed by atoms with Crippen molar-refractivity contribution in [1.29, 1.82) is 0 Å². The topological polar surface area (TPSA) is 72.0 Å². The molecule has 0 fully saturated rings. The molecular weight excluding hydrogens is 377 g/mol. The van der Waals surface area contributed by atoms with Crippen molar-refractivity contribution in [2.45, 2.75) is 38.9 Å². The molecule has 5 nitrogen and oxygen atoms in total. The Bertz CT molecular complexity index is 532. The fourth-order valence-corrected chi connectivity index (χ4v) is 2.91. The molecule has 108 valence electrons. The summed E-state index contributed by atoms with van der Waals surface area (Å²) in [6.45, 7) is 4.97. The van der Waals surface area contributed by atoms with Gasteiger partial charge in [-0.1, -0.05) is 20.3 Å². The zero-order chi connectivity index (χ0) is 14.5. The van der Waals surface area contributed by atoms with Crippen LogP contribution < -0.4 is 5.32 Å². The Labute approximate surface area is 128 Å².